The number of imide groups is 1. The standard InChI is InChI=1S/C11H8N2O6/c14-8-6-11(13(17)18,10(16)12-8)19-9(15)7-4-2-1-3-5-7/h1-5H,6H2,(H,12,14,16). The molecule has 19 heavy (non-hydrogen) atoms. The summed E-state index contributed by atoms with van der Waals surface area (Å²) in [7, 11) is 0. The average Bonchev–Trinajstić information content (AvgIpc) is 2.66. The number of nitro groups is 1. The van der Waals surface area contributed by atoms with E-state index < -0.39 is 34.9 Å². The van der Waals surface area contributed by atoms with Crippen LogP contribution in [0.15, 0.2) is 30.3 Å². The van der Waals surface area contributed by atoms with E-state index in [1.807, 2.05) is 0 Å². The van der Waals surface area contributed by atoms with Crippen LogP contribution in [-0.2, 0) is 14.3 Å². The zero-order valence-electron chi connectivity index (χ0n) is 9.49. The molecule has 1 fully saturated rings. The molecule has 1 aliphatic rings. The Labute approximate surface area is 106 Å². The maximum Gasteiger partial charge on any atom is 0.453 e. The fourth-order valence-electron chi connectivity index (χ4n) is 1.62. The lowest BCUT2D eigenvalue weighted by Gasteiger charge is -2.16. The maximum atomic E-state index is 11.7. The number of benzene rings is 1. The van der Waals surface area contributed by atoms with E-state index in [9.17, 15) is 24.5 Å². The molecule has 8 heteroatoms. The number of carbonyl (C=O) groups is 3. The van der Waals surface area contributed by atoms with Gasteiger partial charge in [0.25, 0.3) is 0 Å². The molecule has 1 N–H and O–H groups in total. The van der Waals surface area contributed by atoms with Crippen LogP contribution in [0.25, 0.3) is 0 Å². The van der Waals surface area contributed by atoms with Gasteiger partial charge in [0.05, 0.1) is 10.5 Å². The second-order valence-corrected chi connectivity index (χ2v) is 3.85. The molecule has 0 spiro atoms. The van der Waals surface area contributed by atoms with E-state index in [0.717, 1.165) is 0 Å². The first-order valence-corrected chi connectivity index (χ1v) is 5.23. The first-order valence-electron chi connectivity index (χ1n) is 5.23. The van der Waals surface area contributed by atoms with Gasteiger partial charge in [0.1, 0.15) is 6.42 Å². The van der Waals surface area contributed by atoms with E-state index in [4.69, 9.17) is 0 Å². The fraction of sp³-hybridized carbons (Fsp3) is 0.182. The molecule has 1 saturated heterocycles. The average molecular weight is 264 g/mol. The van der Waals surface area contributed by atoms with Gasteiger partial charge in [-0.05, 0) is 12.1 Å². The lowest BCUT2D eigenvalue weighted by Crippen LogP contribution is -2.49. The number of esters is 1. The SMILES string of the molecule is O=C1CC(OC(=O)c2ccccc2)([N+](=O)[O-])C(=O)N1. The van der Waals surface area contributed by atoms with Crippen molar-refractivity contribution in [2.75, 3.05) is 0 Å². The summed E-state index contributed by atoms with van der Waals surface area (Å²) in [6, 6.07) is 7.48. The number of amides is 2. The lowest BCUT2D eigenvalue weighted by molar-refractivity contribution is -0.597. The summed E-state index contributed by atoms with van der Waals surface area (Å²) in [6.07, 6.45) is -0.822. The Morgan fingerprint density at radius 2 is 1.95 bits per heavy atom. The van der Waals surface area contributed by atoms with Gasteiger partial charge in [-0.2, -0.15) is 0 Å². The van der Waals surface area contributed by atoms with Gasteiger partial charge in [0, 0.05) is 0 Å². The highest BCUT2D eigenvalue weighted by Crippen LogP contribution is 2.24. The van der Waals surface area contributed by atoms with Crippen molar-refractivity contribution in [3.63, 3.8) is 0 Å². The number of rotatable bonds is 3. The molecule has 1 aromatic carbocycles. The molecule has 1 heterocycles. The van der Waals surface area contributed by atoms with Crippen LogP contribution in [0.4, 0.5) is 0 Å². The van der Waals surface area contributed by atoms with Crippen molar-refractivity contribution < 1.29 is 24.0 Å². The van der Waals surface area contributed by atoms with Crippen molar-refractivity contribution in [1.82, 2.24) is 5.32 Å². The highest BCUT2D eigenvalue weighted by molar-refractivity contribution is 6.08. The summed E-state index contributed by atoms with van der Waals surface area (Å²) >= 11 is 0. The van der Waals surface area contributed by atoms with Crippen molar-refractivity contribution in [1.29, 1.82) is 0 Å². The Morgan fingerprint density at radius 3 is 2.42 bits per heavy atom. The normalized spacial score (nSPS) is 21.9. The smallest absolute Gasteiger partial charge is 0.384 e. The molecule has 0 aliphatic carbocycles. The Balaban J connectivity index is 2.29. The van der Waals surface area contributed by atoms with Gasteiger partial charge in [-0.3, -0.25) is 25.0 Å². The van der Waals surface area contributed by atoms with Crippen LogP contribution in [0.1, 0.15) is 16.8 Å². The molecule has 98 valence electrons. The highest BCUT2D eigenvalue weighted by Gasteiger charge is 2.62. The minimum Gasteiger partial charge on any atom is -0.384 e. The Kier molecular flexibility index (Phi) is 2.99. The van der Waals surface area contributed by atoms with Crippen LogP contribution in [0.3, 0.4) is 0 Å². The van der Waals surface area contributed by atoms with Crippen molar-refractivity contribution in [3.8, 4) is 0 Å². The van der Waals surface area contributed by atoms with Crippen LogP contribution in [0.2, 0.25) is 0 Å². The maximum absolute atomic E-state index is 11.7. The molecule has 0 aromatic heterocycles. The molecule has 1 atom stereocenters. The Bertz CT molecular complexity index is 570. The van der Waals surface area contributed by atoms with Gasteiger partial charge >= 0.3 is 17.6 Å². The third-order valence-corrected chi connectivity index (χ3v) is 2.57. The number of carbonyl (C=O) groups excluding carboxylic acids is 3. The van der Waals surface area contributed by atoms with Crippen LogP contribution in [0.5, 0.6) is 0 Å². The van der Waals surface area contributed by atoms with Gasteiger partial charge in [0.2, 0.25) is 5.91 Å². The fourth-order valence-corrected chi connectivity index (χ4v) is 1.62. The predicted molar refractivity (Wildman–Crippen MR) is 59.3 cm³/mol. The number of hydrogen-bond donors (Lipinski definition) is 1. The quantitative estimate of drug-likeness (QED) is 0.267. The number of nitrogens with zero attached hydrogens (tertiary/aromatic N) is 1. The van der Waals surface area contributed by atoms with Crippen LogP contribution in [0, 0.1) is 10.1 Å². The molecule has 2 rings (SSSR count). The molecule has 8 nitrogen and oxygen atoms in total. The summed E-state index contributed by atoms with van der Waals surface area (Å²) in [6.45, 7) is 0. The van der Waals surface area contributed by atoms with Crippen LogP contribution >= 0.6 is 0 Å². The van der Waals surface area contributed by atoms with Crippen LogP contribution in [-0.4, -0.2) is 28.4 Å². The summed E-state index contributed by atoms with van der Waals surface area (Å²) in [5.41, 5.74) is -2.62. The summed E-state index contributed by atoms with van der Waals surface area (Å²) < 4.78 is 4.66. The molecule has 1 aromatic rings. The van der Waals surface area contributed by atoms with Crippen molar-refractivity contribution in [2.45, 2.75) is 12.1 Å². The monoisotopic (exact) mass is 264 g/mol. The Hall–Kier alpha value is -2.77. The highest BCUT2D eigenvalue weighted by atomic mass is 16.7. The van der Waals surface area contributed by atoms with E-state index in [2.05, 4.69) is 4.74 Å². The molecule has 1 aliphatic heterocycles. The molecule has 2 amide bonds. The van der Waals surface area contributed by atoms with Crippen LogP contribution < -0.4 is 5.32 Å². The van der Waals surface area contributed by atoms with Gasteiger partial charge in [-0.25, -0.2) is 4.79 Å². The molecular weight excluding hydrogens is 256 g/mol. The number of hydrogen-bond acceptors (Lipinski definition) is 6. The first-order chi connectivity index (χ1) is 8.95. The zero-order chi connectivity index (χ0) is 14.0. The Morgan fingerprint density at radius 1 is 1.32 bits per heavy atom. The third-order valence-electron chi connectivity index (χ3n) is 2.57. The summed E-state index contributed by atoms with van der Waals surface area (Å²) in [4.78, 5) is 44.2. The summed E-state index contributed by atoms with van der Waals surface area (Å²) in [5.74, 6) is -3.14. The van der Waals surface area contributed by atoms with E-state index in [1.54, 1.807) is 11.4 Å². The zero-order valence-corrected chi connectivity index (χ0v) is 9.49. The summed E-state index contributed by atoms with van der Waals surface area (Å²) in [5, 5.41) is 12.7. The molecule has 0 bridgehead atoms. The van der Waals surface area contributed by atoms with Gasteiger partial charge < -0.3 is 4.74 Å². The van der Waals surface area contributed by atoms with Crippen molar-refractivity contribution in [2.24, 2.45) is 0 Å². The minimum absolute atomic E-state index is 0.0517. The second-order valence-electron chi connectivity index (χ2n) is 3.85. The minimum atomic E-state index is -2.68. The van der Waals surface area contributed by atoms with E-state index in [0.29, 0.717) is 0 Å². The topological polar surface area (TPSA) is 116 Å². The molecular formula is C11H8N2O6. The van der Waals surface area contributed by atoms with E-state index >= 15 is 0 Å². The first kappa shape index (κ1) is 12.7. The predicted octanol–water partition coefficient (Wildman–Crippen LogP) is -0.137. The number of ether oxygens (including phenoxy) is 1. The van der Waals surface area contributed by atoms with E-state index in [-0.39, 0.29) is 5.56 Å². The molecule has 1 unspecified atom stereocenters. The van der Waals surface area contributed by atoms with Gasteiger partial charge in [0.15, 0.2) is 0 Å². The second kappa shape index (κ2) is 4.48. The third kappa shape index (κ3) is 2.15. The van der Waals surface area contributed by atoms with E-state index in [1.165, 1.54) is 24.3 Å². The lowest BCUT2D eigenvalue weighted by atomic mass is 10.1. The van der Waals surface area contributed by atoms with Crippen molar-refractivity contribution >= 4 is 17.8 Å². The molecule has 0 saturated carbocycles. The number of nitrogens with one attached hydrogen (secondary N) is 1. The molecule has 0 radical (unpaired) electrons. The largest absolute Gasteiger partial charge is 0.453 e. The van der Waals surface area contributed by atoms with Gasteiger partial charge in [-0.15, -0.1) is 0 Å². The van der Waals surface area contributed by atoms with Gasteiger partial charge in [-0.1, -0.05) is 18.2 Å². The van der Waals surface area contributed by atoms with Crippen molar-refractivity contribution in [3.05, 3.63) is 46.0 Å².